The van der Waals surface area contributed by atoms with Crippen molar-refractivity contribution in [1.29, 1.82) is 0 Å². The molecule has 0 radical (unpaired) electrons. The SMILES string of the molecule is OC(O)(C(F)(F)C(F)(F)F)C(F)(C(F)(F)F)C(F)(F)F. The first-order valence-electron chi connectivity index (χ1n) is 3.97. The summed E-state index contributed by atoms with van der Waals surface area (Å²) in [5, 5.41) is 16.1. The van der Waals surface area contributed by atoms with Crippen molar-refractivity contribution in [3.05, 3.63) is 0 Å². The zero-order valence-corrected chi connectivity index (χ0v) is 8.43. The highest BCUT2D eigenvalue weighted by atomic mass is 19.4. The fourth-order valence-electron chi connectivity index (χ4n) is 0.970. The van der Waals surface area contributed by atoms with Gasteiger partial charge in [0.15, 0.2) is 0 Å². The van der Waals surface area contributed by atoms with E-state index in [0.29, 0.717) is 0 Å². The molecule has 0 aromatic carbocycles. The number of aliphatic hydroxyl groups is 2. The van der Waals surface area contributed by atoms with Gasteiger partial charge in [0.2, 0.25) is 0 Å². The second kappa shape index (κ2) is 4.29. The molecule has 20 heavy (non-hydrogen) atoms. The highest BCUT2D eigenvalue weighted by Gasteiger charge is 2.91. The van der Waals surface area contributed by atoms with Gasteiger partial charge >= 0.3 is 30.1 Å². The van der Waals surface area contributed by atoms with Gasteiger partial charge in [0.05, 0.1) is 0 Å². The quantitative estimate of drug-likeness (QED) is 0.602. The van der Waals surface area contributed by atoms with Crippen LogP contribution in [0.5, 0.6) is 0 Å². The Kier molecular flexibility index (Phi) is 4.09. The lowest BCUT2D eigenvalue weighted by Crippen LogP contribution is -2.76. The molecule has 0 atom stereocenters. The average Bonchev–Trinajstić information content (AvgIpc) is 2.10. The average molecular weight is 334 g/mol. The van der Waals surface area contributed by atoms with Gasteiger partial charge in [0.1, 0.15) is 0 Å². The lowest BCUT2D eigenvalue weighted by Gasteiger charge is -2.42. The van der Waals surface area contributed by atoms with Crippen LogP contribution < -0.4 is 0 Å². The molecule has 0 heterocycles. The molecule has 0 aliphatic rings. The van der Waals surface area contributed by atoms with Gasteiger partial charge in [-0.15, -0.1) is 0 Å². The summed E-state index contributed by atoms with van der Waals surface area (Å²) >= 11 is 0. The third-order valence-electron chi connectivity index (χ3n) is 2.06. The van der Waals surface area contributed by atoms with Crippen molar-refractivity contribution in [3.8, 4) is 0 Å². The maximum Gasteiger partial charge on any atom is 0.459 e. The Hall–Kier alpha value is -0.920. The van der Waals surface area contributed by atoms with Gasteiger partial charge in [-0.05, 0) is 0 Å². The molecule has 0 fully saturated rings. The van der Waals surface area contributed by atoms with Crippen molar-refractivity contribution in [1.82, 2.24) is 0 Å². The van der Waals surface area contributed by atoms with Crippen LogP contribution in [0, 0.1) is 0 Å². The molecule has 0 bridgehead atoms. The van der Waals surface area contributed by atoms with E-state index in [2.05, 4.69) is 0 Å². The van der Waals surface area contributed by atoms with Crippen molar-refractivity contribution in [2.75, 3.05) is 0 Å². The molecule has 0 spiro atoms. The van der Waals surface area contributed by atoms with E-state index in [1.54, 1.807) is 0 Å². The molecule has 14 heteroatoms. The summed E-state index contributed by atoms with van der Waals surface area (Å²) in [6.07, 6.45) is -22.3. The van der Waals surface area contributed by atoms with Crippen LogP contribution in [0.4, 0.5) is 52.7 Å². The first-order chi connectivity index (χ1) is 8.25. The Morgan fingerprint density at radius 3 is 0.850 bits per heavy atom. The fraction of sp³-hybridized carbons (Fsp3) is 1.00. The van der Waals surface area contributed by atoms with Gasteiger partial charge in [-0.25, -0.2) is 4.39 Å². The zero-order chi connectivity index (χ0) is 17.0. The first-order valence-corrected chi connectivity index (χ1v) is 3.97. The van der Waals surface area contributed by atoms with Gasteiger partial charge in [-0.2, -0.15) is 48.3 Å². The Morgan fingerprint density at radius 1 is 0.450 bits per heavy atom. The van der Waals surface area contributed by atoms with Gasteiger partial charge in [0, 0.05) is 0 Å². The summed E-state index contributed by atoms with van der Waals surface area (Å²) in [6, 6.07) is 0. The molecule has 0 saturated carbocycles. The molecule has 0 aromatic heterocycles. The molecule has 0 unspecified atom stereocenters. The highest BCUT2D eigenvalue weighted by molar-refractivity contribution is 5.12. The van der Waals surface area contributed by atoms with Crippen LogP contribution in [-0.4, -0.2) is 46.1 Å². The van der Waals surface area contributed by atoms with E-state index in [9.17, 15) is 52.7 Å². The summed E-state index contributed by atoms with van der Waals surface area (Å²) in [5.74, 6) is -14.6. The molecule has 0 rings (SSSR count). The Balaban J connectivity index is 6.38. The van der Waals surface area contributed by atoms with Gasteiger partial charge < -0.3 is 10.2 Å². The summed E-state index contributed by atoms with van der Waals surface area (Å²) in [7, 11) is 0. The maximum atomic E-state index is 12.9. The van der Waals surface area contributed by atoms with E-state index in [-0.39, 0.29) is 0 Å². The number of hydrogen-bond acceptors (Lipinski definition) is 2. The third-order valence-corrected chi connectivity index (χ3v) is 2.06. The molecule has 2 N–H and O–H groups in total. The molecule has 0 aliphatic heterocycles. The van der Waals surface area contributed by atoms with Gasteiger partial charge in [-0.1, -0.05) is 0 Å². The first kappa shape index (κ1) is 19.1. The standard InChI is InChI=1S/C6H2F12O2/c7-1(4(10,11)12,5(13,14)15)3(19,20)2(8,9)6(16,17)18/h19-20H. The minimum absolute atomic E-state index is 7.17. The van der Waals surface area contributed by atoms with E-state index >= 15 is 0 Å². The van der Waals surface area contributed by atoms with Crippen molar-refractivity contribution in [3.63, 3.8) is 0 Å². The number of halogens is 12. The Morgan fingerprint density at radius 2 is 0.700 bits per heavy atom. The van der Waals surface area contributed by atoms with E-state index < -0.39 is 35.9 Å². The van der Waals surface area contributed by atoms with Crippen molar-refractivity contribution in [2.24, 2.45) is 0 Å². The summed E-state index contributed by atoms with van der Waals surface area (Å²) in [4.78, 5) is 0. The zero-order valence-electron chi connectivity index (χ0n) is 8.43. The molecule has 0 aliphatic carbocycles. The van der Waals surface area contributed by atoms with E-state index in [1.807, 2.05) is 0 Å². The summed E-state index contributed by atoms with van der Waals surface area (Å²) in [6.45, 7) is 0. The van der Waals surface area contributed by atoms with Crippen LogP contribution in [0.3, 0.4) is 0 Å². The normalized spacial score (nSPS) is 16.5. The summed E-state index contributed by atoms with van der Waals surface area (Å²) < 4.78 is 144. The highest BCUT2D eigenvalue weighted by Crippen LogP contribution is 2.58. The van der Waals surface area contributed by atoms with Crippen LogP contribution in [0.1, 0.15) is 0 Å². The van der Waals surface area contributed by atoms with E-state index in [1.165, 1.54) is 0 Å². The number of hydrogen-bond donors (Lipinski definition) is 2. The molecular formula is C6H2F12O2. The number of rotatable bonds is 2. The molecule has 122 valence electrons. The largest absolute Gasteiger partial charge is 0.459 e. The van der Waals surface area contributed by atoms with Crippen molar-refractivity contribution in [2.45, 2.75) is 35.9 Å². The lowest BCUT2D eigenvalue weighted by molar-refractivity contribution is -0.491. The molecule has 0 saturated heterocycles. The topological polar surface area (TPSA) is 40.5 Å². The lowest BCUT2D eigenvalue weighted by atomic mass is 9.87. The molecule has 0 amide bonds. The molecular weight excluding hydrogens is 332 g/mol. The second-order valence-corrected chi connectivity index (χ2v) is 3.40. The molecule has 0 aromatic rings. The van der Waals surface area contributed by atoms with Crippen LogP contribution in [-0.2, 0) is 0 Å². The Bertz CT molecular complexity index is 346. The second-order valence-electron chi connectivity index (χ2n) is 3.40. The Labute approximate surface area is 100 Å². The third kappa shape index (κ3) is 2.27. The number of alkyl halides is 12. The fourth-order valence-corrected chi connectivity index (χ4v) is 0.970. The summed E-state index contributed by atoms with van der Waals surface area (Å²) in [5.41, 5.74) is -7.65. The minimum Gasteiger partial charge on any atom is -0.358 e. The van der Waals surface area contributed by atoms with Crippen molar-refractivity contribution < 1.29 is 62.9 Å². The van der Waals surface area contributed by atoms with Crippen LogP contribution in [0.25, 0.3) is 0 Å². The predicted molar refractivity (Wildman–Crippen MR) is 34.1 cm³/mol. The van der Waals surface area contributed by atoms with Crippen molar-refractivity contribution >= 4 is 0 Å². The van der Waals surface area contributed by atoms with Crippen LogP contribution in [0.15, 0.2) is 0 Å². The smallest absolute Gasteiger partial charge is 0.358 e. The van der Waals surface area contributed by atoms with Gasteiger partial charge in [0.25, 0.3) is 5.79 Å². The van der Waals surface area contributed by atoms with E-state index in [4.69, 9.17) is 10.2 Å². The van der Waals surface area contributed by atoms with Crippen LogP contribution in [0.2, 0.25) is 0 Å². The molecule has 2 nitrogen and oxygen atoms in total. The predicted octanol–water partition coefficient (Wildman–Crippen LogP) is 2.70. The minimum atomic E-state index is -7.65. The monoisotopic (exact) mass is 334 g/mol. The maximum absolute atomic E-state index is 12.9. The van der Waals surface area contributed by atoms with E-state index in [0.717, 1.165) is 0 Å². The van der Waals surface area contributed by atoms with Crippen LogP contribution >= 0.6 is 0 Å². The van der Waals surface area contributed by atoms with Gasteiger partial charge in [-0.3, -0.25) is 0 Å².